The maximum atomic E-state index is 13.0. The summed E-state index contributed by atoms with van der Waals surface area (Å²) in [6.45, 7) is 1.19. The molecule has 0 radical (unpaired) electrons. The molecule has 0 aliphatic heterocycles. The zero-order chi connectivity index (χ0) is 13.8. The van der Waals surface area contributed by atoms with Crippen molar-refractivity contribution in [1.29, 1.82) is 0 Å². The van der Waals surface area contributed by atoms with Gasteiger partial charge in [0.1, 0.15) is 18.2 Å². The molecule has 2 aromatic rings. The maximum Gasteiger partial charge on any atom is 0.141 e. The van der Waals surface area contributed by atoms with Gasteiger partial charge in [0.05, 0.1) is 6.20 Å². The largest absolute Gasteiger partial charge is 0.489 e. The zero-order valence-electron chi connectivity index (χ0n) is 11.2. The number of rotatable bonds is 6. The number of nitrogens with one attached hydrogen (secondary N) is 1. The third kappa shape index (κ3) is 3.78. The van der Waals surface area contributed by atoms with Crippen molar-refractivity contribution in [3.8, 4) is 5.75 Å². The van der Waals surface area contributed by atoms with E-state index in [4.69, 9.17) is 4.74 Å². The molecular formula is C16H17FN2O. The van der Waals surface area contributed by atoms with Gasteiger partial charge in [-0.15, -0.1) is 0 Å². The lowest BCUT2D eigenvalue weighted by molar-refractivity contribution is 0.304. The smallest absolute Gasteiger partial charge is 0.141 e. The van der Waals surface area contributed by atoms with Crippen LogP contribution in [-0.4, -0.2) is 11.0 Å². The molecule has 0 saturated heterocycles. The van der Waals surface area contributed by atoms with Gasteiger partial charge in [0, 0.05) is 24.3 Å². The highest BCUT2D eigenvalue weighted by Gasteiger charge is 2.19. The lowest BCUT2D eigenvalue weighted by Gasteiger charge is -2.08. The van der Waals surface area contributed by atoms with Crippen molar-refractivity contribution in [1.82, 2.24) is 10.3 Å². The molecular weight excluding hydrogens is 255 g/mol. The van der Waals surface area contributed by atoms with Crippen LogP contribution in [0.2, 0.25) is 0 Å². The summed E-state index contributed by atoms with van der Waals surface area (Å²) < 4.78 is 18.7. The molecule has 1 aliphatic rings. The summed E-state index contributed by atoms with van der Waals surface area (Å²) in [5.74, 6) is 0.456. The van der Waals surface area contributed by atoms with E-state index < -0.39 is 0 Å². The normalized spacial score (nSPS) is 14.2. The van der Waals surface area contributed by atoms with E-state index in [1.54, 1.807) is 6.20 Å². The van der Waals surface area contributed by atoms with E-state index in [9.17, 15) is 4.39 Å². The quantitative estimate of drug-likeness (QED) is 0.877. The van der Waals surface area contributed by atoms with Gasteiger partial charge in [0.15, 0.2) is 0 Å². The van der Waals surface area contributed by atoms with Gasteiger partial charge in [-0.1, -0.05) is 12.1 Å². The Morgan fingerprint density at radius 3 is 2.90 bits per heavy atom. The molecule has 4 heteroatoms. The summed E-state index contributed by atoms with van der Waals surface area (Å²) in [5.41, 5.74) is 1.93. The molecule has 1 saturated carbocycles. The highest BCUT2D eigenvalue weighted by atomic mass is 19.1. The molecule has 20 heavy (non-hydrogen) atoms. The lowest BCUT2D eigenvalue weighted by atomic mass is 10.2. The molecule has 0 amide bonds. The minimum Gasteiger partial charge on any atom is -0.489 e. The molecule has 3 nitrogen and oxygen atoms in total. The number of benzene rings is 1. The van der Waals surface area contributed by atoms with Gasteiger partial charge in [-0.3, -0.25) is 4.98 Å². The molecule has 1 heterocycles. The first-order chi connectivity index (χ1) is 9.79. The summed E-state index contributed by atoms with van der Waals surface area (Å²) in [5, 5.41) is 3.47. The van der Waals surface area contributed by atoms with Crippen molar-refractivity contribution in [2.24, 2.45) is 0 Å². The van der Waals surface area contributed by atoms with Crippen LogP contribution in [0.3, 0.4) is 0 Å². The number of hydrogen-bond donors (Lipinski definition) is 1. The molecule has 1 aromatic heterocycles. The third-order valence-electron chi connectivity index (χ3n) is 3.24. The highest BCUT2D eigenvalue weighted by molar-refractivity contribution is 5.29. The minimum absolute atomic E-state index is 0.324. The van der Waals surface area contributed by atoms with E-state index in [1.165, 1.54) is 30.7 Å². The van der Waals surface area contributed by atoms with Crippen molar-refractivity contribution in [2.75, 3.05) is 0 Å². The van der Waals surface area contributed by atoms with Crippen LogP contribution in [0.1, 0.15) is 24.0 Å². The molecule has 1 aromatic carbocycles. The number of halogens is 1. The molecule has 0 atom stereocenters. The van der Waals surface area contributed by atoms with E-state index in [-0.39, 0.29) is 5.82 Å². The van der Waals surface area contributed by atoms with Crippen LogP contribution >= 0.6 is 0 Å². The minimum atomic E-state index is -0.339. The molecule has 1 fully saturated rings. The Bertz CT molecular complexity index is 584. The van der Waals surface area contributed by atoms with Gasteiger partial charge in [-0.2, -0.15) is 0 Å². The highest BCUT2D eigenvalue weighted by Crippen LogP contribution is 2.20. The van der Waals surface area contributed by atoms with E-state index in [0.29, 0.717) is 12.6 Å². The number of nitrogens with zero attached hydrogens (tertiary/aromatic N) is 1. The Kier molecular flexibility index (Phi) is 3.92. The fourth-order valence-electron chi connectivity index (χ4n) is 2.00. The Morgan fingerprint density at radius 1 is 1.20 bits per heavy atom. The fourth-order valence-corrected chi connectivity index (χ4v) is 2.00. The molecule has 3 rings (SSSR count). The standard InChI is InChI=1S/C16H17FN2O/c17-14-6-13(8-18-10-14)11-20-16-3-1-2-12(7-16)9-19-15-4-5-15/h1-3,6-8,10,15,19H,4-5,9,11H2. The summed E-state index contributed by atoms with van der Waals surface area (Å²) in [6, 6.07) is 10.1. The maximum absolute atomic E-state index is 13.0. The Morgan fingerprint density at radius 2 is 2.10 bits per heavy atom. The second-order valence-electron chi connectivity index (χ2n) is 5.10. The Hall–Kier alpha value is -1.94. The van der Waals surface area contributed by atoms with Gasteiger partial charge in [0.25, 0.3) is 0 Å². The average molecular weight is 272 g/mol. The predicted molar refractivity (Wildman–Crippen MR) is 74.8 cm³/mol. The average Bonchev–Trinajstić information content (AvgIpc) is 3.28. The second kappa shape index (κ2) is 6.01. The van der Waals surface area contributed by atoms with Crippen LogP contribution in [0.4, 0.5) is 4.39 Å². The molecule has 104 valence electrons. The first kappa shape index (κ1) is 13.1. The Labute approximate surface area is 117 Å². The molecule has 0 unspecified atom stereocenters. The first-order valence-electron chi connectivity index (χ1n) is 6.84. The van der Waals surface area contributed by atoms with Crippen LogP contribution in [0, 0.1) is 5.82 Å². The molecule has 1 N–H and O–H groups in total. The van der Waals surface area contributed by atoms with Gasteiger partial charge in [-0.25, -0.2) is 4.39 Å². The van der Waals surface area contributed by atoms with Crippen LogP contribution in [0.25, 0.3) is 0 Å². The second-order valence-corrected chi connectivity index (χ2v) is 5.10. The van der Waals surface area contributed by atoms with Crippen molar-refractivity contribution >= 4 is 0 Å². The predicted octanol–water partition coefficient (Wildman–Crippen LogP) is 3.05. The van der Waals surface area contributed by atoms with Crippen LogP contribution < -0.4 is 10.1 Å². The van der Waals surface area contributed by atoms with Gasteiger partial charge >= 0.3 is 0 Å². The monoisotopic (exact) mass is 272 g/mol. The van der Waals surface area contributed by atoms with Gasteiger partial charge in [0.2, 0.25) is 0 Å². The van der Waals surface area contributed by atoms with Crippen LogP contribution in [-0.2, 0) is 13.2 Å². The van der Waals surface area contributed by atoms with E-state index in [0.717, 1.165) is 17.9 Å². The van der Waals surface area contributed by atoms with Crippen molar-refractivity contribution in [3.05, 3.63) is 59.7 Å². The number of aromatic nitrogens is 1. The number of ether oxygens (including phenoxy) is 1. The molecule has 0 spiro atoms. The SMILES string of the molecule is Fc1cncc(COc2cccc(CNC3CC3)c2)c1. The van der Waals surface area contributed by atoms with E-state index in [1.807, 2.05) is 18.2 Å². The summed E-state index contributed by atoms with van der Waals surface area (Å²) in [4.78, 5) is 3.80. The van der Waals surface area contributed by atoms with E-state index >= 15 is 0 Å². The molecule has 0 bridgehead atoms. The van der Waals surface area contributed by atoms with Crippen LogP contribution in [0.15, 0.2) is 42.7 Å². The number of hydrogen-bond acceptors (Lipinski definition) is 3. The summed E-state index contributed by atoms with van der Waals surface area (Å²) >= 11 is 0. The molecule has 1 aliphatic carbocycles. The van der Waals surface area contributed by atoms with Gasteiger partial charge < -0.3 is 10.1 Å². The summed E-state index contributed by atoms with van der Waals surface area (Å²) in [7, 11) is 0. The van der Waals surface area contributed by atoms with Crippen molar-refractivity contribution < 1.29 is 9.13 Å². The van der Waals surface area contributed by atoms with E-state index in [2.05, 4.69) is 16.4 Å². The topological polar surface area (TPSA) is 34.1 Å². The van der Waals surface area contributed by atoms with Gasteiger partial charge in [-0.05, 0) is 36.6 Å². The van der Waals surface area contributed by atoms with Crippen molar-refractivity contribution in [2.45, 2.75) is 32.0 Å². The van der Waals surface area contributed by atoms with Crippen LogP contribution in [0.5, 0.6) is 5.75 Å². The fraction of sp³-hybridized carbons (Fsp3) is 0.312. The van der Waals surface area contributed by atoms with Crippen molar-refractivity contribution in [3.63, 3.8) is 0 Å². The third-order valence-corrected chi connectivity index (χ3v) is 3.24. The number of pyridine rings is 1. The summed E-state index contributed by atoms with van der Waals surface area (Å²) in [6.07, 6.45) is 5.36. The Balaban J connectivity index is 1.57. The zero-order valence-corrected chi connectivity index (χ0v) is 11.2. The first-order valence-corrected chi connectivity index (χ1v) is 6.84. The lowest BCUT2D eigenvalue weighted by Crippen LogP contribution is -2.15.